The molecule has 0 fully saturated rings. The number of benzene rings is 1. The van der Waals surface area contributed by atoms with Gasteiger partial charge in [-0.05, 0) is 39.6 Å². The summed E-state index contributed by atoms with van der Waals surface area (Å²) < 4.78 is 21.5. The van der Waals surface area contributed by atoms with Gasteiger partial charge < -0.3 is 20.3 Å². The van der Waals surface area contributed by atoms with E-state index in [0.717, 1.165) is 18.5 Å². The molecule has 0 bridgehead atoms. The number of nitrogens with one attached hydrogen (secondary N) is 2. The molecule has 1 aromatic heterocycles. The minimum absolute atomic E-state index is 0. The molecule has 2 aromatic rings. The number of nitrogens with zero attached hydrogens (tertiary/aromatic N) is 4. The molecule has 30 heavy (non-hydrogen) atoms. The number of halogens is 2. The second-order valence-electron chi connectivity index (χ2n) is 7.11. The van der Waals surface area contributed by atoms with E-state index in [-0.39, 0.29) is 47.7 Å². The van der Waals surface area contributed by atoms with Crippen LogP contribution in [0.2, 0.25) is 0 Å². The highest BCUT2D eigenvalue weighted by atomic mass is 127. The Morgan fingerprint density at radius 1 is 1.27 bits per heavy atom. The molecule has 1 aromatic carbocycles. The number of hydrogen-bond donors (Lipinski definition) is 2. The smallest absolute Gasteiger partial charge is 0.191 e. The van der Waals surface area contributed by atoms with Gasteiger partial charge >= 0.3 is 0 Å². The van der Waals surface area contributed by atoms with Crippen LogP contribution in [0.5, 0.6) is 5.75 Å². The van der Waals surface area contributed by atoms with Crippen molar-refractivity contribution in [1.82, 2.24) is 25.3 Å². The molecule has 0 aliphatic heterocycles. The van der Waals surface area contributed by atoms with Crippen LogP contribution in [0.4, 0.5) is 4.39 Å². The largest absolute Gasteiger partial charge is 0.486 e. The number of ether oxygens (including phenoxy) is 1. The van der Waals surface area contributed by atoms with Gasteiger partial charge in [-0.15, -0.1) is 24.0 Å². The average Bonchev–Trinajstić information content (AvgIpc) is 3.12. The van der Waals surface area contributed by atoms with E-state index in [0.29, 0.717) is 19.0 Å². The fraction of sp³-hybridized carbons (Fsp3) is 0.524. The molecule has 0 radical (unpaired) electrons. The fourth-order valence-electron chi connectivity index (χ4n) is 2.90. The van der Waals surface area contributed by atoms with Crippen molar-refractivity contribution in [3.8, 4) is 5.75 Å². The molecule has 2 unspecified atom stereocenters. The first-order valence-electron chi connectivity index (χ1n) is 10.0. The lowest BCUT2D eigenvalue weighted by Crippen LogP contribution is -2.43. The van der Waals surface area contributed by atoms with E-state index in [1.165, 1.54) is 6.07 Å². The Labute approximate surface area is 196 Å². The SMILES string of the molecule is CCNC(=NCC(c1cnn(C)c1)N(C)C)NCC(CC)Oc1ccccc1F.I. The molecule has 2 rings (SSSR count). The lowest BCUT2D eigenvalue weighted by atomic mass is 10.1. The molecule has 168 valence electrons. The number of likely N-dealkylation sites (N-methyl/N-ethyl adjacent to an activating group) is 1. The van der Waals surface area contributed by atoms with Gasteiger partial charge in [0.15, 0.2) is 17.5 Å². The molecule has 0 aliphatic rings. The van der Waals surface area contributed by atoms with Crippen molar-refractivity contribution in [2.45, 2.75) is 32.4 Å². The van der Waals surface area contributed by atoms with Crippen molar-refractivity contribution in [1.29, 1.82) is 0 Å². The van der Waals surface area contributed by atoms with E-state index in [2.05, 4.69) is 20.6 Å². The second kappa shape index (κ2) is 13.4. The van der Waals surface area contributed by atoms with Crippen LogP contribution < -0.4 is 15.4 Å². The Kier molecular flexibility index (Phi) is 11.7. The zero-order valence-corrected chi connectivity index (χ0v) is 20.8. The van der Waals surface area contributed by atoms with Gasteiger partial charge in [0.05, 0.1) is 25.3 Å². The van der Waals surface area contributed by atoms with E-state index >= 15 is 0 Å². The lowest BCUT2D eigenvalue weighted by Gasteiger charge is -2.23. The Hall–Kier alpha value is -1.88. The summed E-state index contributed by atoms with van der Waals surface area (Å²) in [6.45, 7) is 5.89. The minimum atomic E-state index is -0.350. The van der Waals surface area contributed by atoms with Gasteiger partial charge in [-0.25, -0.2) is 4.39 Å². The van der Waals surface area contributed by atoms with Crippen LogP contribution in [0, 0.1) is 5.82 Å². The third-order valence-electron chi connectivity index (χ3n) is 4.58. The summed E-state index contributed by atoms with van der Waals surface area (Å²) in [6, 6.07) is 6.59. The number of aromatic nitrogens is 2. The molecule has 1 heterocycles. The van der Waals surface area contributed by atoms with Crippen LogP contribution in [-0.4, -0.2) is 60.5 Å². The Balaban J connectivity index is 0.00000450. The predicted octanol–water partition coefficient (Wildman–Crippen LogP) is 3.19. The van der Waals surface area contributed by atoms with Crippen LogP contribution in [0.25, 0.3) is 0 Å². The molecule has 0 spiro atoms. The summed E-state index contributed by atoms with van der Waals surface area (Å²) in [5, 5.41) is 10.8. The molecule has 0 saturated heterocycles. The van der Waals surface area contributed by atoms with Gasteiger partial charge in [0.25, 0.3) is 0 Å². The van der Waals surface area contributed by atoms with Crippen molar-refractivity contribution >= 4 is 29.9 Å². The van der Waals surface area contributed by atoms with Gasteiger partial charge in [-0.3, -0.25) is 9.67 Å². The normalized spacial score (nSPS) is 13.5. The predicted molar refractivity (Wildman–Crippen MR) is 130 cm³/mol. The zero-order chi connectivity index (χ0) is 21.2. The molecule has 0 saturated carbocycles. The number of hydrogen-bond acceptors (Lipinski definition) is 4. The van der Waals surface area contributed by atoms with Crippen molar-refractivity contribution < 1.29 is 9.13 Å². The molecule has 7 nitrogen and oxygen atoms in total. The van der Waals surface area contributed by atoms with E-state index < -0.39 is 0 Å². The van der Waals surface area contributed by atoms with E-state index in [4.69, 9.17) is 9.73 Å². The van der Waals surface area contributed by atoms with Gasteiger partial charge in [-0.1, -0.05) is 19.1 Å². The summed E-state index contributed by atoms with van der Waals surface area (Å²) in [7, 11) is 5.97. The Bertz CT molecular complexity index is 782. The molecular weight excluding hydrogens is 498 g/mol. The van der Waals surface area contributed by atoms with Crippen LogP contribution >= 0.6 is 24.0 Å². The maximum atomic E-state index is 13.9. The number of guanidine groups is 1. The highest BCUT2D eigenvalue weighted by Crippen LogP contribution is 2.18. The molecule has 2 N–H and O–H groups in total. The van der Waals surface area contributed by atoms with Crippen LogP contribution in [0.1, 0.15) is 31.9 Å². The van der Waals surface area contributed by atoms with E-state index in [1.807, 2.05) is 47.4 Å². The van der Waals surface area contributed by atoms with Crippen LogP contribution in [0.3, 0.4) is 0 Å². The monoisotopic (exact) mass is 532 g/mol. The topological polar surface area (TPSA) is 66.7 Å². The van der Waals surface area contributed by atoms with Crippen molar-refractivity contribution in [2.75, 3.05) is 33.7 Å². The summed E-state index contributed by atoms with van der Waals surface area (Å²) in [6.07, 6.45) is 4.46. The number of para-hydroxylation sites is 1. The van der Waals surface area contributed by atoms with Crippen molar-refractivity contribution in [2.24, 2.45) is 12.0 Å². The minimum Gasteiger partial charge on any atom is -0.486 e. The number of aryl methyl sites for hydroxylation is 1. The third-order valence-corrected chi connectivity index (χ3v) is 4.58. The first kappa shape index (κ1) is 26.2. The summed E-state index contributed by atoms with van der Waals surface area (Å²) in [4.78, 5) is 6.86. The standard InChI is InChI=1S/C21H33FN6O.HI/c1-6-17(29-20-11-9-8-10-18(20)22)13-24-21(23-7-2)25-14-19(27(3)4)16-12-26-28(5)15-16;/h8-12,15,17,19H,6-7,13-14H2,1-5H3,(H2,23,24,25);1H. The third kappa shape index (κ3) is 8.10. The number of aliphatic imine (C=N–C) groups is 1. The van der Waals surface area contributed by atoms with Gasteiger partial charge in [0, 0.05) is 25.4 Å². The van der Waals surface area contributed by atoms with Gasteiger partial charge in [0.2, 0.25) is 0 Å². The zero-order valence-electron chi connectivity index (χ0n) is 18.4. The maximum absolute atomic E-state index is 13.9. The molecule has 9 heteroatoms. The fourth-order valence-corrected chi connectivity index (χ4v) is 2.90. The highest BCUT2D eigenvalue weighted by Gasteiger charge is 2.16. The second-order valence-corrected chi connectivity index (χ2v) is 7.11. The lowest BCUT2D eigenvalue weighted by molar-refractivity contribution is 0.191. The average molecular weight is 532 g/mol. The molecule has 0 amide bonds. The van der Waals surface area contributed by atoms with Crippen molar-refractivity contribution in [3.63, 3.8) is 0 Å². The quantitative estimate of drug-likeness (QED) is 0.280. The van der Waals surface area contributed by atoms with Crippen LogP contribution in [-0.2, 0) is 7.05 Å². The summed E-state index contributed by atoms with van der Waals surface area (Å²) in [5.41, 5.74) is 1.12. The van der Waals surface area contributed by atoms with Gasteiger partial charge in [0.1, 0.15) is 6.10 Å². The number of rotatable bonds is 10. The summed E-state index contributed by atoms with van der Waals surface area (Å²) in [5.74, 6) is 0.628. The molecule has 0 aliphatic carbocycles. The van der Waals surface area contributed by atoms with Crippen LogP contribution in [0.15, 0.2) is 41.7 Å². The first-order valence-corrected chi connectivity index (χ1v) is 10.0. The first-order chi connectivity index (χ1) is 13.9. The molecular formula is C21H34FIN6O. The molecule has 2 atom stereocenters. The Morgan fingerprint density at radius 3 is 2.57 bits per heavy atom. The highest BCUT2D eigenvalue weighted by molar-refractivity contribution is 14.0. The Morgan fingerprint density at radius 2 is 2.00 bits per heavy atom. The summed E-state index contributed by atoms with van der Waals surface area (Å²) >= 11 is 0. The van der Waals surface area contributed by atoms with E-state index in [9.17, 15) is 4.39 Å². The van der Waals surface area contributed by atoms with Gasteiger partial charge in [-0.2, -0.15) is 5.10 Å². The van der Waals surface area contributed by atoms with Crippen molar-refractivity contribution in [3.05, 3.63) is 48.0 Å². The van der Waals surface area contributed by atoms with E-state index in [1.54, 1.807) is 22.9 Å². The maximum Gasteiger partial charge on any atom is 0.191 e.